The van der Waals surface area contributed by atoms with E-state index < -0.39 is 0 Å². The molecule has 2 N–H and O–H groups in total. The first kappa shape index (κ1) is 33.5. The molecule has 0 amide bonds. The second-order valence-electron chi connectivity index (χ2n) is 13.3. The molecule has 0 saturated carbocycles. The molecule has 56 heavy (non-hydrogen) atoms. The summed E-state index contributed by atoms with van der Waals surface area (Å²) in [4.78, 5) is 33.1. The molecule has 0 saturated heterocycles. The van der Waals surface area contributed by atoms with E-state index >= 15 is 0 Å². The number of nitrogens with zero attached hydrogens (tertiary/aromatic N) is 2. The van der Waals surface area contributed by atoms with Gasteiger partial charge in [-0.3, -0.25) is 4.79 Å². The Labute approximate surface area is 331 Å². The summed E-state index contributed by atoms with van der Waals surface area (Å²) in [6.45, 7) is 0. The predicted octanol–water partition coefficient (Wildman–Crippen LogP) is 12.7. The molecule has 10 rings (SSSR count). The van der Waals surface area contributed by atoms with Crippen molar-refractivity contribution < 1.29 is 4.79 Å². The lowest BCUT2D eigenvalue weighted by atomic mass is 10.0. The number of aromatic amines is 2. The highest BCUT2D eigenvalue weighted by Gasteiger charge is 2.19. The normalized spacial score (nSPS) is 11.7. The van der Waals surface area contributed by atoms with Gasteiger partial charge in [-0.05, 0) is 101 Å². The summed E-state index contributed by atoms with van der Waals surface area (Å²) < 4.78 is 0. The number of hydrogen-bond donors (Lipinski definition) is 2. The molecule has 2 aliphatic rings. The average molecular weight is 755 g/mol. The minimum atomic E-state index is 0.667. The van der Waals surface area contributed by atoms with Crippen molar-refractivity contribution in [2.75, 3.05) is 0 Å². The Hall–Kier alpha value is -7.11. The molecule has 5 nitrogen and oxygen atoms in total. The van der Waals surface area contributed by atoms with E-state index in [1.165, 1.54) is 11.3 Å². The summed E-state index contributed by atoms with van der Waals surface area (Å²) >= 11 is 3.02. The number of benzene rings is 3. The molecule has 0 unspecified atom stereocenters. The van der Waals surface area contributed by atoms with Gasteiger partial charge in [0.2, 0.25) is 0 Å². The molecule has 7 heterocycles. The second-order valence-corrected chi connectivity index (χ2v) is 15.5. The Morgan fingerprint density at radius 1 is 0.429 bits per heavy atom. The maximum atomic E-state index is 11.3. The molecule has 3 aromatic carbocycles. The molecular formula is C49H30N4OS2. The third-order valence-corrected chi connectivity index (χ3v) is 11.8. The Balaban J connectivity index is 1.30. The molecule has 0 fully saturated rings. The molecule has 0 spiro atoms. The number of carbonyl (C=O) groups excluding carboxylic acids is 1. The van der Waals surface area contributed by atoms with Gasteiger partial charge in [0.05, 0.1) is 37.4 Å². The van der Waals surface area contributed by atoms with Crippen molar-refractivity contribution in [3.63, 3.8) is 0 Å². The number of H-pyrrole nitrogens is 2. The van der Waals surface area contributed by atoms with E-state index in [-0.39, 0.29) is 0 Å². The summed E-state index contributed by atoms with van der Waals surface area (Å²) in [6, 6.07) is 47.8. The fraction of sp³-hybridized carbons (Fsp3) is 0. The lowest BCUT2D eigenvalue weighted by molar-refractivity contribution is 0.112. The number of fused-ring (bicyclic) bond motifs is 8. The van der Waals surface area contributed by atoms with E-state index in [0.29, 0.717) is 4.88 Å². The van der Waals surface area contributed by atoms with Crippen LogP contribution in [0.1, 0.15) is 42.2 Å². The van der Waals surface area contributed by atoms with Gasteiger partial charge in [0, 0.05) is 49.2 Å². The molecular weight excluding hydrogens is 725 g/mol. The average Bonchev–Trinajstić information content (AvgIpc) is 4.10. The van der Waals surface area contributed by atoms with Crippen molar-refractivity contribution in [2.24, 2.45) is 0 Å². The lowest BCUT2D eigenvalue weighted by Crippen LogP contribution is -1.89. The van der Waals surface area contributed by atoms with Gasteiger partial charge >= 0.3 is 0 Å². The zero-order valence-corrected chi connectivity index (χ0v) is 31.4. The highest BCUT2D eigenvalue weighted by molar-refractivity contribution is 7.16. The SMILES string of the molecule is O=Cc1ccc(C#Cc2ccc(-c3c4nc(c(-c5ccccc5)c5ccc([nH]5)c(-c5ccccc5)c5nc(c(-c6ccccc6)c6ccc3[nH]6)C=C5)C=C4)s2)s1. The van der Waals surface area contributed by atoms with Crippen LogP contribution in [0.15, 0.2) is 140 Å². The van der Waals surface area contributed by atoms with Crippen molar-refractivity contribution in [3.8, 4) is 55.7 Å². The van der Waals surface area contributed by atoms with E-state index in [1.54, 1.807) is 17.4 Å². The minimum Gasteiger partial charge on any atom is -0.354 e. The van der Waals surface area contributed by atoms with Crippen LogP contribution in [-0.2, 0) is 0 Å². The first-order valence-corrected chi connectivity index (χ1v) is 19.8. The molecule has 8 bridgehead atoms. The molecule has 0 aliphatic carbocycles. The Kier molecular flexibility index (Phi) is 8.53. The van der Waals surface area contributed by atoms with Gasteiger partial charge in [-0.1, -0.05) is 91.0 Å². The van der Waals surface area contributed by atoms with Crippen LogP contribution in [0.4, 0.5) is 0 Å². The topological polar surface area (TPSA) is 74.4 Å². The summed E-state index contributed by atoms with van der Waals surface area (Å²) in [5, 5.41) is 0. The van der Waals surface area contributed by atoms with Gasteiger partial charge in [-0.25, -0.2) is 9.97 Å². The third kappa shape index (κ3) is 6.23. The quantitative estimate of drug-likeness (QED) is 0.136. The van der Waals surface area contributed by atoms with Crippen LogP contribution < -0.4 is 0 Å². The van der Waals surface area contributed by atoms with Gasteiger partial charge in [0.15, 0.2) is 6.29 Å². The van der Waals surface area contributed by atoms with Crippen LogP contribution in [0.25, 0.3) is 90.2 Å². The molecule has 264 valence electrons. The van der Waals surface area contributed by atoms with Crippen molar-refractivity contribution >= 4 is 75.3 Å². The van der Waals surface area contributed by atoms with Crippen LogP contribution >= 0.6 is 22.7 Å². The highest BCUT2D eigenvalue weighted by atomic mass is 32.1. The standard InChI is InChI=1S/C49H30N4OS2/c54-30-36-19-18-34(55-36)16-17-35-20-29-45(56-35)49-43-27-25-41(52-43)47(32-12-6-2-7-13-32)39-23-21-37(50-39)46(31-10-4-1-5-11-31)38-22-24-40(51-38)48(33-14-8-3-9-15-33)42-26-28-44(49)53-42/h1-15,18-30,50,53H. The highest BCUT2D eigenvalue weighted by Crippen LogP contribution is 2.39. The number of carbonyl (C=O) groups is 1. The predicted molar refractivity (Wildman–Crippen MR) is 234 cm³/mol. The van der Waals surface area contributed by atoms with Gasteiger partial charge in [-0.15, -0.1) is 22.7 Å². The first-order valence-electron chi connectivity index (χ1n) is 18.2. The Bertz CT molecular complexity index is 3060. The van der Waals surface area contributed by atoms with Crippen LogP contribution in [-0.4, -0.2) is 26.2 Å². The van der Waals surface area contributed by atoms with Gasteiger partial charge in [0.1, 0.15) is 0 Å². The van der Waals surface area contributed by atoms with E-state index in [1.807, 2.05) is 24.3 Å². The monoisotopic (exact) mass is 754 g/mol. The Morgan fingerprint density at radius 3 is 1.25 bits per heavy atom. The second kappa shape index (κ2) is 14.3. The van der Waals surface area contributed by atoms with Crippen LogP contribution in [0.2, 0.25) is 0 Å². The third-order valence-electron chi connectivity index (χ3n) is 9.85. The van der Waals surface area contributed by atoms with Crippen molar-refractivity contribution in [3.05, 3.63) is 177 Å². The lowest BCUT2D eigenvalue weighted by Gasteiger charge is -2.06. The van der Waals surface area contributed by atoms with E-state index in [4.69, 9.17) is 9.97 Å². The summed E-state index contributed by atoms with van der Waals surface area (Å²) in [5.41, 5.74) is 14.5. The van der Waals surface area contributed by atoms with Crippen LogP contribution in [0, 0.1) is 11.8 Å². The van der Waals surface area contributed by atoms with Crippen molar-refractivity contribution in [1.82, 2.24) is 19.9 Å². The van der Waals surface area contributed by atoms with Crippen LogP contribution in [0.5, 0.6) is 0 Å². The van der Waals surface area contributed by atoms with Gasteiger partial charge in [0.25, 0.3) is 0 Å². The summed E-state index contributed by atoms with van der Waals surface area (Å²) in [6.07, 6.45) is 9.33. The molecule has 8 aromatic rings. The van der Waals surface area contributed by atoms with E-state index in [0.717, 1.165) is 105 Å². The molecule has 5 aromatic heterocycles. The number of aldehydes is 1. The van der Waals surface area contributed by atoms with Crippen molar-refractivity contribution in [1.29, 1.82) is 0 Å². The smallest absolute Gasteiger partial charge is 0.160 e. The molecule has 0 radical (unpaired) electrons. The number of rotatable bonds is 5. The zero-order chi connectivity index (χ0) is 37.4. The number of nitrogens with one attached hydrogen (secondary N) is 2. The van der Waals surface area contributed by atoms with E-state index in [2.05, 4.69) is 155 Å². The number of hydrogen-bond acceptors (Lipinski definition) is 5. The number of thiophene rings is 2. The molecule has 0 atom stereocenters. The molecule has 7 heteroatoms. The van der Waals surface area contributed by atoms with Crippen LogP contribution in [0.3, 0.4) is 0 Å². The zero-order valence-electron chi connectivity index (χ0n) is 29.8. The molecule has 2 aliphatic heterocycles. The minimum absolute atomic E-state index is 0.667. The fourth-order valence-electron chi connectivity index (χ4n) is 7.34. The summed E-state index contributed by atoms with van der Waals surface area (Å²) in [7, 11) is 0. The largest absolute Gasteiger partial charge is 0.354 e. The maximum absolute atomic E-state index is 11.3. The maximum Gasteiger partial charge on any atom is 0.160 e. The van der Waals surface area contributed by atoms with Gasteiger partial charge in [-0.2, -0.15) is 0 Å². The Morgan fingerprint density at radius 2 is 0.821 bits per heavy atom. The van der Waals surface area contributed by atoms with E-state index in [9.17, 15) is 4.79 Å². The number of aromatic nitrogens is 4. The van der Waals surface area contributed by atoms with Gasteiger partial charge < -0.3 is 9.97 Å². The fourth-order valence-corrected chi connectivity index (χ4v) is 8.94. The summed E-state index contributed by atoms with van der Waals surface area (Å²) in [5.74, 6) is 6.57. The first-order chi connectivity index (χ1) is 27.7. The van der Waals surface area contributed by atoms with Crippen molar-refractivity contribution in [2.45, 2.75) is 0 Å².